The molecule has 0 amide bonds. The Bertz CT molecular complexity index is 415. The lowest BCUT2D eigenvalue weighted by Crippen LogP contribution is -2.02. The van der Waals surface area contributed by atoms with E-state index in [1.165, 1.54) is 0 Å². The Balaban J connectivity index is 2.27. The Kier molecular flexibility index (Phi) is 3.37. The summed E-state index contributed by atoms with van der Waals surface area (Å²) < 4.78 is 0. The number of nitrogens with zero attached hydrogens (tertiary/aromatic N) is 1. The van der Waals surface area contributed by atoms with Gasteiger partial charge in [0.05, 0.1) is 0 Å². The van der Waals surface area contributed by atoms with Crippen molar-refractivity contribution in [2.24, 2.45) is 16.5 Å². The van der Waals surface area contributed by atoms with Crippen LogP contribution in [0.5, 0.6) is 0 Å². The summed E-state index contributed by atoms with van der Waals surface area (Å²) in [4.78, 5) is 4.47. The van der Waals surface area contributed by atoms with Crippen molar-refractivity contribution in [2.45, 2.75) is 19.4 Å². The van der Waals surface area contributed by atoms with Crippen LogP contribution >= 0.6 is 0 Å². The van der Waals surface area contributed by atoms with Gasteiger partial charge in [0.1, 0.15) is 0 Å². The Morgan fingerprint density at radius 3 is 2.56 bits per heavy atom. The SMILES string of the molecule is NC=C(C1=NCCC1)c1ccc(CN)cc1. The Hall–Kier alpha value is -1.61. The molecule has 16 heavy (non-hydrogen) atoms. The first-order valence-electron chi connectivity index (χ1n) is 5.60. The summed E-state index contributed by atoms with van der Waals surface area (Å²) in [7, 11) is 0. The van der Waals surface area contributed by atoms with Crippen molar-refractivity contribution in [2.75, 3.05) is 6.54 Å². The van der Waals surface area contributed by atoms with Crippen LogP contribution in [-0.4, -0.2) is 12.3 Å². The number of benzene rings is 1. The summed E-state index contributed by atoms with van der Waals surface area (Å²) in [6.45, 7) is 1.50. The molecule has 0 atom stereocenters. The molecule has 0 fully saturated rings. The van der Waals surface area contributed by atoms with Gasteiger partial charge < -0.3 is 11.5 Å². The van der Waals surface area contributed by atoms with Crippen molar-refractivity contribution in [1.29, 1.82) is 0 Å². The van der Waals surface area contributed by atoms with Gasteiger partial charge in [0, 0.05) is 30.6 Å². The highest BCUT2D eigenvalue weighted by Crippen LogP contribution is 2.21. The van der Waals surface area contributed by atoms with Crippen LogP contribution in [0.1, 0.15) is 24.0 Å². The molecule has 0 saturated carbocycles. The van der Waals surface area contributed by atoms with Crippen molar-refractivity contribution in [3.63, 3.8) is 0 Å². The molecule has 0 aliphatic carbocycles. The maximum atomic E-state index is 5.69. The smallest absolute Gasteiger partial charge is 0.0441 e. The highest BCUT2D eigenvalue weighted by atomic mass is 14.8. The molecule has 0 unspecified atom stereocenters. The van der Waals surface area contributed by atoms with E-state index in [4.69, 9.17) is 11.5 Å². The van der Waals surface area contributed by atoms with Gasteiger partial charge in [0.25, 0.3) is 0 Å². The van der Waals surface area contributed by atoms with Gasteiger partial charge in [-0.05, 0) is 24.0 Å². The molecule has 3 nitrogen and oxygen atoms in total. The molecular weight excluding hydrogens is 198 g/mol. The van der Waals surface area contributed by atoms with Gasteiger partial charge in [-0.15, -0.1) is 0 Å². The Morgan fingerprint density at radius 1 is 1.31 bits per heavy atom. The number of rotatable bonds is 3. The zero-order valence-electron chi connectivity index (χ0n) is 9.32. The second kappa shape index (κ2) is 4.94. The second-order valence-electron chi connectivity index (χ2n) is 3.91. The molecule has 3 heteroatoms. The molecule has 1 aliphatic rings. The summed E-state index contributed by atoms with van der Waals surface area (Å²) in [6, 6.07) is 8.19. The van der Waals surface area contributed by atoms with E-state index in [0.29, 0.717) is 6.54 Å². The highest BCUT2D eigenvalue weighted by molar-refractivity contribution is 6.24. The molecule has 1 aromatic rings. The second-order valence-corrected chi connectivity index (χ2v) is 3.91. The molecule has 0 saturated heterocycles. The third-order valence-electron chi connectivity index (χ3n) is 2.85. The predicted molar refractivity (Wildman–Crippen MR) is 68.0 cm³/mol. The van der Waals surface area contributed by atoms with Gasteiger partial charge in [-0.3, -0.25) is 4.99 Å². The number of aliphatic imine (C=N–C) groups is 1. The van der Waals surface area contributed by atoms with Crippen molar-refractivity contribution in [3.8, 4) is 0 Å². The molecule has 4 N–H and O–H groups in total. The molecule has 84 valence electrons. The van der Waals surface area contributed by atoms with Crippen LogP contribution in [0.15, 0.2) is 35.5 Å². The van der Waals surface area contributed by atoms with E-state index in [1.54, 1.807) is 6.20 Å². The van der Waals surface area contributed by atoms with E-state index in [1.807, 2.05) is 12.1 Å². The largest absolute Gasteiger partial charge is 0.404 e. The fraction of sp³-hybridized carbons (Fsp3) is 0.308. The maximum Gasteiger partial charge on any atom is 0.0441 e. The van der Waals surface area contributed by atoms with Crippen molar-refractivity contribution >= 4 is 11.3 Å². The fourth-order valence-corrected chi connectivity index (χ4v) is 1.94. The first kappa shape index (κ1) is 10.9. The molecule has 0 spiro atoms. The minimum absolute atomic E-state index is 0.572. The van der Waals surface area contributed by atoms with Crippen LogP contribution in [0.25, 0.3) is 5.57 Å². The number of allylic oxidation sites excluding steroid dienone is 1. The Morgan fingerprint density at radius 2 is 2.06 bits per heavy atom. The zero-order chi connectivity index (χ0) is 11.4. The van der Waals surface area contributed by atoms with E-state index >= 15 is 0 Å². The van der Waals surface area contributed by atoms with E-state index < -0.39 is 0 Å². The normalized spacial score (nSPS) is 16.3. The molecule has 0 radical (unpaired) electrons. The van der Waals surface area contributed by atoms with Gasteiger partial charge in [-0.25, -0.2) is 0 Å². The van der Waals surface area contributed by atoms with Gasteiger partial charge in [-0.2, -0.15) is 0 Å². The lowest BCUT2D eigenvalue weighted by molar-refractivity contribution is 0.951. The average Bonchev–Trinajstić information content (AvgIpc) is 2.85. The van der Waals surface area contributed by atoms with Gasteiger partial charge >= 0.3 is 0 Å². The van der Waals surface area contributed by atoms with Crippen molar-refractivity contribution in [3.05, 3.63) is 41.6 Å². The topological polar surface area (TPSA) is 64.4 Å². The highest BCUT2D eigenvalue weighted by Gasteiger charge is 2.12. The van der Waals surface area contributed by atoms with Crippen molar-refractivity contribution < 1.29 is 0 Å². The van der Waals surface area contributed by atoms with E-state index in [-0.39, 0.29) is 0 Å². The van der Waals surface area contributed by atoms with Crippen LogP contribution < -0.4 is 11.5 Å². The fourth-order valence-electron chi connectivity index (χ4n) is 1.94. The first-order valence-corrected chi connectivity index (χ1v) is 5.60. The monoisotopic (exact) mass is 215 g/mol. The molecule has 0 bridgehead atoms. The lowest BCUT2D eigenvalue weighted by atomic mass is 9.99. The summed E-state index contributed by atoms with van der Waals surface area (Å²) >= 11 is 0. The van der Waals surface area contributed by atoms with Gasteiger partial charge in [0.2, 0.25) is 0 Å². The Labute approximate surface area is 95.9 Å². The predicted octanol–water partition coefficient (Wildman–Crippen LogP) is 1.68. The standard InChI is InChI=1S/C13H17N3/c14-8-10-3-5-11(6-4-10)12(9-15)13-2-1-7-16-13/h3-6,9H,1-2,7-8,14-15H2. The van der Waals surface area contributed by atoms with Crippen LogP contribution in [0.4, 0.5) is 0 Å². The lowest BCUT2D eigenvalue weighted by Gasteiger charge is -2.07. The zero-order valence-corrected chi connectivity index (χ0v) is 9.32. The molecule has 1 aliphatic heterocycles. The first-order chi connectivity index (χ1) is 7.85. The molecule has 1 heterocycles. The molecule has 2 rings (SSSR count). The van der Waals surface area contributed by atoms with E-state index in [9.17, 15) is 0 Å². The van der Waals surface area contributed by atoms with Crippen LogP contribution in [0, 0.1) is 0 Å². The number of hydrogen-bond acceptors (Lipinski definition) is 3. The summed E-state index contributed by atoms with van der Waals surface area (Å²) in [5, 5.41) is 0. The quantitative estimate of drug-likeness (QED) is 0.805. The van der Waals surface area contributed by atoms with Gasteiger partial charge in [0.15, 0.2) is 0 Å². The van der Waals surface area contributed by atoms with Crippen LogP contribution in [0.3, 0.4) is 0 Å². The van der Waals surface area contributed by atoms with Gasteiger partial charge in [-0.1, -0.05) is 24.3 Å². The molecule has 1 aromatic carbocycles. The van der Waals surface area contributed by atoms with Crippen LogP contribution in [0.2, 0.25) is 0 Å². The minimum Gasteiger partial charge on any atom is -0.404 e. The van der Waals surface area contributed by atoms with Crippen molar-refractivity contribution in [1.82, 2.24) is 0 Å². The molecule has 0 aromatic heterocycles. The summed E-state index contributed by atoms with van der Waals surface area (Å²) in [5.74, 6) is 0. The van der Waals surface area contributed by atoms with E-state index in [0.717, 1.165) is 41.8 Å². The number of nitrogens with two attached hydrogens (primary N) is 2. The van der Waals surface area contributed by atoms with Crippen LogP contribution in [-0.2, 0) is 6.54 Å². The average molecular weight is 215 g/mol. The third kappa shape index (κ3) is 2.14. The summed E-state index contributed by atoms with van der Waals surface area (Å²) in [5.41, 5.74) is 15.7. The minimum atomic E-state index is 0.572. The summed E-state index contributed by atoms with van der Waals surface area (Å²) in [6.07, 6.45) is 3.82. The number of hydrogen-bond donors (Lipinski definition) is 2. The third-order valence-corrected chi connectivity index (χ3v) is 2.85. The molecular formula is C13H17N3. The van der Waals surface area contributed by atoms with E-state index in [2.05, 4.69) is 17.1 Å². The maximum absolute atomic E-state index is 5.69.